The third kappa shape index (κ3) is 1.96. The molecule has 2 aliphatic rings. The van der Waals surface area contributed by atoms with Crippen LogP contribution in [0.2, 0.25) is 0 Å². The first kappa shape index (κ1) is 11.1. The van der Waals surface area contributed by atoms with Crippen molar-refractivity contribution >= 4 is 0 Å². The number of nitrogens with zero attached hydrogens (tertiary/aromatic N) is 2. The number of pyridine rings is 1. The minimum Gasteiger partial charge on any atom is -0.385 e. The molecule has 4 heteroatoms. The van der Waals surface area contributed by atoms with Gasteiger partial charge < -0.3 is 10.0 Å². The summed E-state index contributed by atoms with van der Waals surface area (Å²) in [6.07, 6.45) is 6.51. The van der Waals surface area contributed by atoms with Crippen LogP contribution in [-0.4, -0.2) is 34.1 Å². The fraction of sp³-hybridized carbons (Fsp3) is 0.615. The summed E-state index contributed by atoms with van der Waals surface area (Å²) in [5, 5.41) is 10.7. The van der Waals surface area contributed by atoms with Crippen LogP contribution < -0.4 is 0 Å². The van der Waals surface area contributed by atoms with Crippen molar-refractivity contribution < 1.29 is 9.50 Å². The molecule has 3 rings (SSSR count). The van der Waals surface area contributed by atoms with Crippen molar-refractivity contribution in [3.63, 3.8) is 0 Å². The molecule has 2 aliphatic heterocycles. The zero-order valence-corrected chi connectivity index (χ0v) is 9.77. The van der Waals surface area contributed by atoms with Gasteiger partial charge in [0.2, 0.25) is 0 Å². The van der Waals surface area contributed by atoms with Crippen LogP contribution in [0, 0.1) is 5.82 Å². The van der Waals surface area contributed by atoms with E-state index in [1.54, 1.807) is 6.20 Å². The Morgan fingerprint density at radius 2 is 2.29 bits per heavy atom. The Morgan fingerprint density at radius 3 is 3.12 bits per heavy atom. The number of rotatable bonds is 1. The van der Waals surface area contributed by atoms with Gasteiger partial charge in [-0.1, -0.05) is 0 Å². The van der Waals surface area contributed by atoms with Crippen LogP contribution in [0.3, 0.4) is 0 Å². The number of aliphatic hydroxyl groups is 1. The lowest BCUT2D eigenvalue weighted by atomic mass is 9.82. The molecule has 1 aromatic rings. The van der Waals surface area contributed by atoms with Crippen molar-refractivity contribution in [3.8, 4) is 0 Å². The fourth-order valence-electron chi connectivity index (χ4n) is 3.17. The molecule has 1 aromatic heterocycles. The van der Waals surface area contributed by atoms with Crippen LogP contribution in [0.5, 0.6) is 0 Å². The van der Waals surface area contributed by atoms with Gasteiger partial charge in [-0.3, -0.25) is 4.98 Å². The molecule has 0 spiro atoms. The first-order valence-electron chi connectivity index (χ1n) is 6.25. The largest absolute Gasteiger partial charge is 0.385 e. The lowest BCUT2D eigenvalue weighted by Crippen LogP contribution is -2.46. The maximum absolute atomic E-state index is 13.2. The van der Waals surface area contributed by atoms with Gasteiger partial charge in [-0.25, -0.2) is 4.39 Å². The van der Waals surface area contributed by atoms with E-state index >= 15 is 0 Å². The molecule has 0 amide bonds. The van der Waals surface area contributed by atoms with Crippen LogP contribution in [0.1, 0.15) is 31.2 Å². The van der Waals surface area contributed by atoms with Gasteiger partial charge in [0.25, 0.3) is 0 Å². The zero-order chi connectivity index (χ0) is 11.9. The average molecular weight is 236 g/mol. The van der Waals surface area contributed by atoms with Gasteiger partial charge in [-0.05, 0) is 38.3 Å². The van der Waals surface area contributed by atoms with Crippen LogP contribution in [0.25, 0.3) is 0 Å². The lowest BCUT2D eigenvalue weighted by molar-refractivity contribution is -0.0413. The minimum absolute atomic E-state index is 0.371. The molecule has 3 heterocycles. The van der Waals surface area contributed by atoms with Gasteiger partial charge in [0.1, 0.15) is 5.82 Å². The maximum Gasteiger partial charge on any atom is 0.141 e. The number of piperidine rings is 1. The van der Waals surface area contributed by atoms with Crippen LogP contribution in [0.15, 0.2) is 18.5 Å². The Kier molecular flexibility index (Phi) is 2.64. The molecule has 0 radical (unpaired) electrons. The first-order chi connectivity index (χ1) is 8.17. The molecule has 0 saturated carbocycles. The topological polar surface area (TPSA) is 36.4 Å². The predicted molar refractivity (Wildman–Crippen MR) is 61.9 cm³/mol. The maximum atomic E-state index is 13.2. The molecular formula is C13H17FN2O. The summed E-state index contributed by atoms with van der Waals surface area (Å²) in [7, 11) is 0. The molecule has 3 nitrogen and oxygen atoms in total. The second-order valence-corrected chi connectivity index (χ2v) is 5.21. The molecule has 2 saturated heterocycles. The van der Waals surface area contributed by atoms with E-state index in [2.05, 4.69) is 9.88 Å². The van der Waals surface area contributed by atoms with Gasteiger partial charge in [0, 0.05) is 24.3 Å². The molecule has 2 atom stereocenters. The van der Waals surface area contributed by atoms with E-state index in [9.17, 15) is 9.50 Å². The standard InChI is InChI=1S/C13H17FN2O/c14-11-6-10(8-15-9-11)13(17)3-5-16-4-1-2-12(16)7-13/h6,8-9,12,17H,1-5,7H2. The highest BCUT2D eigenvalue weighted by Crippen LogP contribution is 2.39. The van der Waals surface area contributed by atoms with Gasteiger partial charge in [0.05, 0.1) is 11.8 Å². The number of hydrogen-bond acceptors (Lipinski definition) is 3. The van der Waals surface area contributed by atoms with Crippen molar-refractivity contribution in [1.82, 2.24) is 9.88 Å². The summed E-state index contributed by atoms with van der Waals surface area (Å²) < 4.78 is 13.2. The van der Waals surface area contributed by atoms with Crippen molar-refractivity contribution in [3.05, 3.63) is 29.8 Å². The number of hydrogen-bond donors (Lipinski definition) is 1. The van der Waals surface area contributed by atoms with Crippen molar-refractivity contribution in [2.75, 3.05) is 13.1 Å². The predicted octanol–water partition coefficient (Wildman–Crippen LogP) is 1.67. The normalized spacial score (nSPS) is 33.6. The number of aromatic nitrogens is 1. The Labute approximate surface area is 100 Å². The molecule has 2 unspecified atom stereocenters. The zero-order valence-electron chi connectivity index (χ0n) is 9.77. The smallest absolute Gasteiger partial charge is 0.141 e. The van der Waals surface area contributed by atoms with Crippen molar-refractivity contribution in [1.29, 1.82) is 0 Å². The molecule has 17 heavy (non-hydrogen) atoms. The van der Waals surface area contributed by atoms with E-state index < -0.39 is 5.60 Å². The van der Waals surface area contributed by atoms with Gasteiger partial charge in [-0.15, -0.1) is 0 Å². The summed E-state index contributed by atoms with van der Waals surface area (Å²) in [4.78, 5) is 6.27. The van der Waals surface area contributed by atoms with Crippen molar-refractivity contribution in [2.24, 2.45) is 0 Å². The monoisotopic (exact) mass is 236 g/mol. The summed E-state index contributed by atoms with van der Waals surface area (Å²) in [5.74, 6) is -0.371. The summed E-state index contributed by atoms with van der Waals surface area (Å²) in [5.41, 5.74) is -0.260. The van der Waals surface area contributed by atoms with E-state index in [1.807, 2.05) is 0 Å². The van der Waals surface area contributed by atoms with E-state index in [1.165, 1.54) is 18.7 Å². The van der Waals surface area contributed by atoms with E-state index in [0.717, 1.165) is 19.5 Å². The van der Waals surface area contributed by atoms with Gasteiger partial charge in [-0.2, -0.15) is 0 Å². The highest BCUT2D eigenvalue weighted by Gasteiger charge is 2.41. The third-order valence-electron chi connectivity index (χ3n) is 4.13. The fourth-order valence-corrected chi connectivity index (χ4v) is 3.17. The van der Waals surface area contributed by atoms with Crippen LogP contribution in [0.4, 0.5) is 4.39 Å². The highest BCUT2D eigenvalue weighted by molar-refractivity contribution is 5.20. The number of fused-ring (bicyclic) bond motifs is 1. The van der Waals surface area contributed by atoms with E-state index in [-0.39, 0.29) is 5.82 Å². The molecule has 0 bridgehead atoms. The van der Waals surface area contributed by atoms with Crippen LogP contribution >= 0.6 is 0 Å². The molecule has 1 N–H and O–H groups in total. The average Bonchev–Trinajstić information content (AvgIpc) is 2.76. The van der Waals surface area contributed by atoms with Crippen LogP contribution in [-0.2, 0) is 5.60 Å². The second-order valence-electron chi connectivity index (χ2n) is 5.21. The summed E-state index contributed by atoms with van der Waals surface area (Å²) in [6.45, 7) is 2.04. The Bertz CT molecular complexity index is 426. The molecular weight excluding hydrogens is 219 g/mol. The van der Waals surface area contributed by atoms with Gasteiger partial charge in [0.15, 0.2) is 0 Å². The first-order valence-corrected chi connectivity index (χ1v) is 6.25. The Morgan fingerprint density at radius 1 is 1.41 bits per heavy atom. The minimum atomic E-state index is -0.888. The SMILES string of the molecule is OC1(c2cncc(F)c2)CCN2CCCC2C1. The van der Waals surface area contributed by atoms with Gasteiger partial charge >= 0.3 is 0 Å². The summed E-state index contributed by atoms with van der Waals surface area (Å²) >= 11 is 0. The van der Waals surface area contributed by atoms with E-state index in [4.69, 9.17) is 0 Å². The molecule has 92 valence electrons. The Balaban J connectivity index is 1.86. The molecule has 2 fully saturated rings. The van der Waals surface area contributed by atoms with E-state index in [0.29, 0.717) is 24.4 Å². The third-order valence-corrected chi connectivity index (χ3v) is 4.13. The second kappa shape index (κ2) is 4.03. The molecule has 0 aliphatic carbocycles. The Hall–Kier alpha value is -1.00. The van der Waals surface area contributed by atoms with Crippen molar-refractivity contribution in [2.45, 2.75) is 37.3 Å². The quantitative estimate of drug-likeness (QED) is 0.805. The lowest BCUT2D eigenvalue weighted by Gasteiger charge is -2.41. The summed E-state index contributed by atoms with van der Waals surface area (Å²) in [6, 6.07) is 1.87. The highest BCUT2D eigenvalue weighted by atomic mass is 19.1. The molecule has 0 aromatic carbocycles. The number of halogens is 1.